The molecule has 2 amide bonds. The minimum Gasteiger partial charge on any atom is -0.357 e. The second-order valence-corrected chi connectivity index (χ2v) is 10.3. The van der Waals surface area contributed by atoms with Crippen LogP contribution in [-0.4, -0.2) is 51.0 Å². The number of amides is 2. The van der Waals surface area contributed by atoms with E-state index in [1.807, 2.05) is 0 Å². The van der Waals surface area contributed by atoms with Gasteiger partial charge in [0.05, 0.1) is 11.9 Å². The van der Waals surface area contributed by atoms with Crippen LogP contribution in [0.25, 0.3) is 0 Å². The van der Waals surface area contributed by atoms with Gasteiger partial charge >= 0.3 is 0 Å². The molecule has 2 aromatic carbocycles. The van der Waals surface area contributed by atoms with Gasteiger partial charge in [-0.2, -0.15) is 0 Å². The van der Waals surface area contributed by atoms with Gasteiger partial charge in [-0.15, -0.1) is 0 Å². The maximum Gasteiger partial charge on any atom is 0.242 e. The Labute approximate surface area is 207 Å². The summed E-state index contributed by atoms with van der Waals surface area (Å²) in [6.07, 6.45) is 0.886. The molecule has 0 aromatic heterocycles. The minimum absolute atomic E-state index is 0.0301. The van der Waals surface area contributed by atoms with Gasteiger partial charge in [-0.25, -0.2) is 17.2 Å². The molecular weight excluding hydrogens is 511 g/mol. The van der Waals surface area contributed by atoms with E-state index in [0.717, 1.165) is 28.8 Å². The van der Waals surface area contributed by atoms with Crippen molar-refractivity contribution >= 4 is 50.7 Å². The SMILES string of the molecule is CNC(=O)[C@@H](C)N(Cc1ccc(Cl)cc1Cl)C(=O)CCCN(c1ccc(F)c(F)c1)S(C)(=O)=O. The molecule has 1 atom stereocenters. The highest BCUT2D eigenvalue weighted by Crippen LogP contribution is 2.24. The smallest absolute Gasteiger partial charge is 0.242 e. The van der Waals surface area contributed by atoms with Gasteiger partial charge in [0.1, 0.15) is 6.04 Å². The quantitative estimate of drug-likeness (QED) is 0.498. The van der Waals surface area contributed by atoms with Crippen LogP contribution in [0.15, 0.2) is 36.4 Å². The first-order chi connectivity index (χ1) is 15.8. The molecule has 12 heteroatoms. The summed E-state index contributed by atoms with van der Waals surface area (Å²) in [7, 11) is -2.39. The van der Waals surface area contributed by atoms with E-state index in [1.54, 1.807) is 19.1 Å². The summed E-state index contributed by atoms with van der Waals surface area (Å²) in [4.78, 5) is 26.6. The third kappa shape index (κ3) is 7.28. The zero-order valence-corrected chi connectivity index (χ0v) is 21.1. The highest BCUT2D eigenvalue weighted by atomic mass is 35.5. The fourth-order valence-corrected chi connectivity index (χ4v) is 4.69. The molecule has 1 N–H and O–H groups in total. The number of hydrogen-bond donors (Lipinski definition) is 1. The Morgan fingerprint density at radius 2 is 1.76 bits per heavy atom. The molecule has 0 saturated carbocycles. The molecule has 2 rings (SSSR count). The van der Waals surface area contributed by atoms with Crippen LogP contribution in [0, 0.1) is 11.6 Å². The molecule has 0 bridgehead atoms. The van der Waals surface area contributed by atoms with Crippen molar-refractivity contribution in [2.24, 2.45) is 0 Å². The van der Waals surface area contributed by atoms with Gasteiger partial charge in [0.2, 0.25) is 21.8 Å². The highest BCUT2D eigenvalue weighted by molar-refractivity contribution is 7.92. The Kier molecular flexibility index (Phi) is 9.66. The molecule has 2 aromatic rings. The van der Waals surface area contributed by atoms with Crippen molar-refractivity contribution in [2.75, 3.05) is 24.2 Å². The van der Waals surface area contributed by atoms with Crippen molar-refractivity contribution in [1.29, 1.82) is 0 Å². The first-order valence-corrected chi connectivity index (χ1v) is 12.8. The average molecular weight is 536 g/mol. The summed E-state index contributed by atoms with van der Waals surface area (Å²) in [5.74, 6) is -3.10. The van der Waals surface area contributed by atoms with Gasteiger partial charge < -0.3 is 10.2 Å². The van der Waals surface area contributed by atoms with Crippen molar-refractivity contribution < 1.29 is 26.8 Å². The lowest BCUT2D eigenvalue weighted by Crippen LogP contribution is -2.46. The fourth-order valence-electron chi connectivity index (χ4n) is 3.27. The van der Waals surface area contributed by atoms with Crippen LogP contribution >= 0.6 is 23.2 Å². The van der Waals surface area contributed by atoms with Crippen LogP contribution in [0.1, 0.15) is 25.3 Å². The van der Waals surface area contributed by atoms with E-state index in [4.69, 9.17) is 23.2 Å². The maximum atomic E-state index is 13.6. The van der Waals surface area contributed by atoms with E-state index >= 15 is 0 Å². The number of likely N-dealkylation sites (N-methyl/N-ethyl adjacent to an activating group) is 1. The summed E-state index contributed by atoms with van der Waals surface area (Å²) >= 11 is 12.2. The first kappa shape index (κ1) is 27.8. The lowest BCUT2D eigenvalue weighted by atomic mass is 10.1. The van der Waals surface area contributed by atoms with Gasteiger partial charge in [-0.3, -0.25) is 13.9 Å². The van der Waals surface area contributed by atoms with Crippen LogP contribution in [0.2, 0.25) is 10.0 Å². The number of benzene rings is 2. The summed E-state index contributed by atoms with van der Waals surface area (Å²) in [6.45, 7) is 1.44. The monoisotopic (exact) mass is 535 g/mol. The van der Waals surface area contributed by atoms with E-state index < -0.39 is 39.5 Å². The molecule has 0 aliphatic heterocycles. The number of sulfonamides is 1. The molecule has 0 radical (unpaired) electrons. The second kappa shape index (κ2) is 11.8. The largest absolute Gasteiger partial charge is 0.357 e. The number of hydrogen-bond acceptors (Lipinski definition) is 4. The van der Waals surface area contributed by atoms with E-state index in [1.165, 1.54) is 18.0 Å². The standard InChI is InChI=1S/C22H25Cl2F2N3O4S/c1-14(22(31)27-2)28(13-15-6-7-16(23)11-18(15)24)21(30)5-4-10-29(34(3,32)33)17-8-9-19(25)20(26)12-17/h6-9,11-12,14H,4-5,10,13H2,1-3H3,(H,27,31)/t14-/m1/s1. The Morgan fingerprint density at radius 1 is 1.09 bits per heavy atom. The molecule has 7 nitrogen and oxygen atoms in total. The van der Waals surface area contributed by atoms with Crippen LogP contribution < -0.4 is 9.62 Å². The average Bonchev–Trinajstić information content (AvgIpc) is 2.76. The van der Waals surface area contributed by atoms with Gasteiger partial charge in [0.15, 0.2) is 11.6 Å². The molecular formula is C22H25Cl2F2N3O4S. The molecule has 0 spiro atoms. The van der Waals surface area contributed by atoms with E-state index in [0.29, 0.717) is 15.6 Å². The fraction of sp³-hybridized carbons (Fsp3) is 0.364. The van der Waals surface area contributed by atoms with Crippen molar-refractivity contribution in [3.05, 3.63) is 63.6 Å². The Morgan fingerprint density at radius 3 is 2.32 bits per heavy atom. The Hall–Kier alpha value is -2.43. The number of rotatable bonds is 10. The Balaban J connectivity index is 2.19. The third-order valence-electron chi connectivity index (χ3n) is 5.11. The predicted molar refractivity (Wildman–Crippen MR) is 128 cm³/mol. The number of nitrogens with one attached hydrogen (secondary N) is 1. The predicted octanol–water partition coefficient (Wildman–Crippen LogP) is 3.98. The summed E-state index contributed by atoms with van der Waals surface area (Å²) in [5, 5.41) is 3.24. The van der Waals surface area contributed by atoms with E-state index in [2.05, 4.69) is 5.32 Å². The van der Waals surface area contributed by atoms with Crippen molar-refractivity contribution in [1.82, 2.24) is 10.2 Å². The normalized spacial score (nSPS) is 12.2. The number of anilines is 1. The lowest BCUT2D eigenvalue weighted by Gasteiger charge is -2.29. The van der Waals surface area contributed by atoms with Gasteiger partial charge in [0, 0.05) is 42.7 Å². The first-order valence-electron chi connectivity index (χ1n) is 10.2. The lowest BCUT2D eigenvalue weighted by molar-refractivity contribution is -0.140. The molecule has 186 valence electrons. The number of nitrogens with zero attached hydrogens (tertiary/aromatic N) is 2. The van der Waals surface area contributed by atoms with Crippen molar-refractivity contribution in [2.45, 2.75) is 32.4 Å². The molecule has 0 aliphatic rings. The molecule has 0 aliphatic carbocycles. The third-order valence-corrected chi connectivity index (χ3v) is 6.89. The summed E-state index contributed by atoms with van der Waals surface area (Å²) in [6, 6.07) is 6.71. The number of carbonyl (C=O) groups excluding carboxylic acids is 2. The number of carbonyl (C=O) groups is 2. The van der Waals surface area contributed by atoms with Crippen molar-refractivity contribution in [3.8, 4) is 0 Å². The van der Waals surface area contributed by atoms with Gasteiger partial charge in [0.25, 0.3) is 0 Å². The van der Waals surface area contributed by atoms with Gasteiger partial charge in [-0.05, 0) is 43.2 Å². The zero-order valence-electron chi connectivity index (χ0n) is 18.8. The molecule has 0 fully saturated rings. The minimum atomic E-state index is -3.83. The highest BCUT2D eigenvalue weighted by Gasteiger charge is 2.27. The maximum absolute atomic E-state index is 13.6. The summed E-state index contributed by atoms with van der Waals surface area (Å²) < 4.78 is 52.2. The van der Waals surface area contributed by atoms with Crippen LogP contribution in [0.4, 0.5) is 14.5 Å². The van der Waals surface area contributed by atoms with Crippen molar-refractivity contribution in [3.63, 3.8) is 0 Å². The Bertz CT molecular complexity index is 1160. The number of halogens is 4. The van der Waals surface area contributed by atoms with Crippen LogP contribution in [0.5, 0.6) is 0 Å². The van der Waals surface area contributed by atoms with Gasteiger partial charge in [-0.1, -0.05) is 29.3 Å². The topological polar surface area (TPSA) is 86.8 Å². The molecule has 34 heavy (non-hydrogen) atoms. The summed E-state index contributed by atoms with van der Waals surface area (Å²) in [5.41, 5.74) is 0.520. The molecule has 0 saturated heterocycles. The zero-order chi connectivity index (χ0) is 25.6. The van der Waals surface area contributed by atoms with Crippen LogP contribution in [-0.2, 0) is 26.2 Å². The molecule has 0 heterocycles. The molecule has 0 unspecified atom stereocenters. The second-order valence-electron chi connectivity index (χ2n) is 7.58. The van der Waals surface area contributed by atoms with E-state index in [-0.39, 0.29) is 31.6 Å². The van der Waals surface area contributed by atoms with E-state index in [9.17, 15) is 26.8 Å². The van der Waals surface area contributed by atoms with Crippen LogP contribution in [0.3, 0.4) is 0 Å².